The lowest BCUT2D eigenvalue weighted by molar-refractivity contribution is -0.384. The molecular formula is C27H39FN6O2. The molecule has 2 aromatic rings. The number of anilines is 4. The molecule has 0 aromatic heterocycles. The highest BCUT2D eigenvalue weighted by molar-refractivity contribution is 5.73. The van der Waals surface area contributed by atoms with Gasteiger partial charge in [0.25, 0.3) is 5.69 Å². The van der Waals surface area contributed by atoms with Gasteiger partial charge in [0.1, 0.15) is 11.5 Å². The number of nitro groups is 1. The van der Waals surface area contributed by atoms with Gasteiger partial charge in [-0.3, -0.25) is 10.1 Å². The molecule has 0 unspecified atom stereocenters. The van der Waals surface area contributed by atoms with Crippen LogP contribution in [0.1, 0.15) is 38.5 Å². The number of piperidine rings is 2. The Labute approximate surface area is 213 Å². The second-order valence-corrected chi connectivity index (χ2v) is 10.0. The van der Waals surface area contributed by atoms with Gasteiger partial charge in [0.15, 0.2) is 0 Å². The van der Waals surface area contributed by atoms with E-state index in [1.165, 1.54) is 42.8 Å². The summed E-state index contributed by atoms with van der Waals surface area (Å²) in [6.45, 7) is 8.34. The molecule has 9 heteroatoms. The first-order valence-corrected chi connectivity index (χ1v) is 13.2. The second-order valence-electron chi connectivity index (χ2n) is 10.0. The van der Waals surface area contributed by atoms with Crippen molar-refractivity contribution in [2.45, 2.75) is 38.5 Å². The molecule has 2 aromatic carbocycles. The molecule has 36 heavy (non-hydrogen) atoms. The Kier molecular flexibility index (Phi) is 8.85. The van der Waals surface area contributed by atoms with Gasteiger partial charge in [-0.1, -0.05) is 0 Å². The highest BCUT2D eigenvalue weighted by Crippen LogP contribution is 2.32. The number of hydrogen-bond acceptors (Lipinski definition) is 7. The van der Waals surface area contributed by atoms with Crippen LogP contribution in [0.2, 0.25) is 0 Å². The molecule has 3 fully saturated rings. The fourth-order valence-electron chi connectivity index (χ4n) is 5.24. The van der Waals surface area contributed by atoms with E-state index in [1.807, 2.05) is 4.90 Å². The lowest BCUT2D eigenvalue weighted by atomic mass is 10.1. The zero-order valence-corrected chi connectivity index (χ0v) is 21.4. The first kappa shape index (κ1) is 26.0. The van der Waals surface area contributed by atoms with E-state index in [9.17, 15) is 14.5 Å². The molecule has 0 spiro atoms. The topological polar surface area (TPSA) is 82.1 Å². The van der Waals surface area contributed by atoms with Crippen molar-refractivity contribution in [3.63, 3.8) is 0 Å². The summed E-state index contributed by atoms with van der Waals surface area (Å²) < 4.78 is 13.1. The van der Waals surface area contributed by atoms with Crippen molar-refractivity contribution in [3.05, 3.63) is 52.3 Å². The molecule has 5 rings (SSSR count). The highest BCUT2D eigenvalue weighted by atomic mass is 19.1. The number of rotatable bonds is 4. The van der Waals surface area contributed by atoms with Crippen LogP contribution in [-0.2, 0) is 0 Å². The van der Waals surface area contributed by atoms with Gasteiger partial charge in [0.2, 0.25) is 0 Å². The Balaban J connectivity index is 0.000000174. The molecular weight excluding hydrogens is 459 g/mol. The van der Waals surface area contributed by atoms with E-state index in [2.05, 4.69) is 39.9 Å². The van der Waals surface area contributed by atoms with Gasteiger partial charge in [-0.2, -0.15) is 0 Å². The minimum atomic E-state index is -0.455. The minimum absolute atomic E-state index is 0.0108. The number of hydrogen-bond donors (Lipinski definition) is 1. The average molecular weight is 499 g/mol. The molecule has 3 saturated heterocycles. The molecule has 8 nitrogen and oxygen atoms in total. The molecule has 0 aliphatic carbocycles. The van der Waals surface area contributed by atoms with Crippen LogP contribution in [0.15, 0.2) is 36.4 Å². The summed E-state index contributed by atoms with van der Waals surface area (Å²) in [5.41, 5.74) is 10.1. The van der Waals surface area contributed by atoms with Gasteiger partial charge in [-0.25, -0.2) is 4.39 Å². The largest absolute Gasteiger partial charge is 0.397 e. The van der Waals surface area contributed by atoms with Crippen molar-refractivity contribution in [2.75, 3.05) is 79.8 Å². The summed E-state index contributed by atoms with van der Waals surface area (Å²) in [5.74, 6) is -0.425. The molecule has 0 atom stereocenters. The Bertz CT molecular complexity index is 1020. The second kappa shape index (κ2) is 12.3. The monoisotopic (exact) mass is 498 g/mol. The van der Waals surface area contributed by atoms with E-state index in [0.29, 0.717) is 5.69 Å². The van der Waals surface area contributed by atoms with E-state index < -0.39 is 10.7 Å². The van der Waals surface area contributed by atoms with Crippen molar-refractivity contribution >= 4 is 28.4 Å². The molecule has 3 aliphatic rings. The van der Waals surface area contributed by atoms with Crippen LogP contribution in [0.5, 0.6) is 0 Å². The fourth-order valence-corrected chi connectivity index (χ4v) is 5.24. The Morgan fingerprint density at radius 3 is 1.92 bits per heavy atom. The van der Waals surface area contributed by atoms with Crippen LogP contribution < -0.4 is 20.4 Å². The van der Waals surface area contributed by atoms with Crippen LogP contribution in [0, 0.1) is 15.9 Å². The molecule has 3 aliphatic heterocycles. The van der Waals surface area contributed by atoms with E-state index in [4.69, 9.17) is 5.73 Å². The summed E-state index contributed by atoms with van der Waals surface area (Å²) >= 11 is 0. The van der Waals surface area contributed by atoms with Crippen LogP contribution in [0.25, 0.3) is 0 Å². The van der Waals surface area contributed by atoms with Crippen LogP contribution in [-0.4, -0.2) is 69.2 Å². The highest BCUT2D eigenvalue weighted by Gasteiger charge is 2.22. The summed E-state index contributed by atoms with van der Waals surface area (Å²) in [5, 5.41) is 10.8. The fraction of sp³-hybridized carbons (Fsp3) is 0.556. The van der Waals surface area contributed by atoms with E-state index in [-0.39, 0.29) is 5.69 Å². The number of likely N-dealkylation sites (N-methyl/N-ethyl adjacent to an activating group) is 1. The maximum Gasteiger partial charge on any atom is 0.292 e. The standard InChI is InChI=1S/C16H26N4.C11H13FN2O2/c1-18-9-11-19(12-10-18)14-5-6-15(17)16(13-14)20-7-3-2-4-8-20;12-9-4-5-10(14(15)16)11(8-9)13-6-2-1-3-7-13/h5-6,13H,2-4,7-12,17H2,1H3;4-5,8H,1-3,6-7H2. The van der Waals surface area contributed by atoms with Gasteiger partial charge < -0.3 is 25.3 Å². The quantitative estimate of drug-likeness (QED) is 0.371. The zero-order valence-electron chi connectivity index (χ0n) is 21.4. The molecule has 0 amide bonds. The lowest BCUT2D eigenvalue weighted by Crippen LogP contribution is -2.44. The van der Waals surface area contributed by atoms with Crippen LogP contribution in [0.3, 0.4) is 0 Å². The van der Waals surface area contributed by atoms with E-state index >= 15 is 0 Å². The van der Waals surface area contributed by atoms with E-state index in [1.54, 1.807) is 0 Å². The number of nitro benzene ring substituents is 1. The first-order valence-electron chi connectivity index (χ1n) is 13.2. The van der Waals surface area contributed by atoms with Crippen molar-refractivity contribution in [3.8, 4) is 0 Å². The average Bonchev–Trinajstić information content (AvgIpc) is 2.91. The number of nitrogens with two attached hydrogens (primary N) is 1. The zero-order chi connectivity index (χ0) is 25.5. The molecule has 0 bridgehead atoms. The third-order valence-corrected chi connectivity index (χ3v) is 7.41. The third kappa shape index (κ3) is 6.57. The van der Waals surface area contributed by atoms with Crippen molar-refractivity contribution in [2.24, 2.45) is 0 Å². The maximum atomic E-state index is 13.1. The molecule has 3 heterocycles. The Hall–Kier alpha value is -3.07. The SMILES string of the molecule is CN1CCN(c2ccc(N)c(N3CCCCC3)c2)CC1.O=[N+]([O-])c1ccc(F)cc1N1CCCCC1. The van der Waals surface area contributed by atoms with Crippen LogP contribution >= 0.6 is 0 Å². The van der Waals surface area contributed by atoms with Gasteiger partial charge in [-0.15, -0.1) is 0 Å². The number of piperazine rings is 1. The third-order valence-electron chi connectivity index (χ3n) is 7.41. The van der Waals surface area contributed by atoms with Gasteiger partial charge in [0.05, 0.1) is 16.3 Å². The normalized spacial score (nSPS) is 19.0. The van der Waals surface area contributed by atoms with Gasteiger partial charge in [-0.05, 0) is 69.8 Å². The smallest absolute Gasteiger partial charge is 0.292 e. The maximum absolute atomic E-state index is 13.1. The molecule has 0 radical (unpaired) electrons. The van der Waals surface area contributed by atoms with E-state index in [0.717, 1.165) is 83.4 Å². The number of benzene rings is 2. The Morgan fingerprint density at radius 1 is 0.750 bits per heavy atom. The van der Waals surface area contributed by atoms with Crippen molar-refractivity contribution in [1.82, 2.24) is 4.90 Å². The molecule has 0 saturated carbocycles. The molecule has 196 valence electrons. The summed E-state index contributed by atoms with van der Waals surface area (Å²) in [4.78, 5) is 19.6. The predicted octanol–water partition coefficient (Wildman–Crippen LogP) is 4.74. The van der Waals surface area contributed by atoms with Gasteiger partial charge >= 0.3 is 0 Å². The van der Waals surface area contributed by atoms with Crippen LogP contribution in [0.4, 0.5) is 32.8 Å². The summed E-state index contributed by atoms with van der Waals surface area (Å²) in [6.07, 6.45) is 7.09. The Morgan fingerprint density at radius 2 is 1.33 bits per heavy atom. The number of nitrogens with zero attached hydrogens (tertiary/aromatic N) is 5. The minimum Gasteiger partial charge on any atom is -0.397 e. The van der Waals surface area contributed by atoms with Crippen molar-refractivity contribution in [1.29, 1.82) is 0 Å². The number of nitrogen functional groups attached to an aromatic ring is 1. The first-order chi connectivity index (χ1) is 17.4. The lowest BCUT2D eigenvalue weighted by Gasteiger charge is -2.35. The summed E-state index contributed by atoms with van der Waals surface area (Å²) in [7, 11) is 2.19. The van der Waals surface area contributed by atoms with Crippen molar-refractivity contribution < 1.29 is 9.31 Å². The number of halogens is 1. The predicted molar refractivity (Wildman–Crippen MR) is 146 cm³/mol. The summed E-state index contributed by atoms with van der Waals surface area (Å²) in [6, 6.07) is 10.2. The van der Waals surface area contributed by atoms with Gasteiger partial charge in [0, 0.05) is 70.2 Å². The molecule has 2 N–H and O–H groups in total.